The fraction of sp³-hybridized carbons (Fsp3) is 0.583. The summed E-state index contributed by atoms with van der Waals surface area (Å²) in [5.41, 5.74) is 0.775. The molecule has 2 fully saturated rings. The van der Waals surface area contributed by atoms with Gasteiger partial charge in [-0.2, -0.15) is 0 Å². The van der Waals surface area contributed by atoms with Crippen LogP contribution in [0.5, 0.6) is 0 Å². The van der Waals surface area contributed by atoms with Gasteiger partial charge in [-0.15, -0.1) is 11.3 Å². The van der Waals surface area contributed by atoms with Gasteiger partial charge in [0.05, 0.1) is 20.6 Å². The van der Waals surface area contributed by atoms with Crippen LogP contribution in [0.15, 0.2) is 17.0 Å². The SMILES string of the molecule is CC(C)(C)NS(=O)(=O)c1ccc(-c2sc(C(=O)NC3CC3)nc2CC2CCCCC2)c(Cl)c1Cl. The van der Waals surface area contributed by atoms with Gasteiger partial charge in [0.1, 0.15) is 4.90 Å². The summed E-state index contributed by atoms with van der Waals surface area (Å²) in [6.07, 6.45) is 8.73. The van der Waals surface area contributed by atoms with Crippen molar-refractivity contribution in [1.29, 1.82) is 0 Å². The first kappa shape index (κ1) is 25.9. The van der Waals surface area contributed by atoms with E-state index in [1.165, 1.54) is 36.7 Å². The molecule has 0 unspecified atom stereocenters. The predicted octanol–water partition coefficient (Wildman–Crippen LogP) is 6.21. The minimum atomic E-state index is -3.86. The van der Waals surface area contributed by atoms with E-state index in [-0.39, 0.29) is 26.9 Å². The Bertz CT molecular complexity index is 1180. The van der Waals surface area contributed by atoms with Gasteiger partial charge in [0.15, 0.2) is 5.01 Å². The largest absolute Gasteiger partial charge is 0.347 e. The number of carbonyl (C=O) groups excluding carboxylic acids is 1. The van der Waals surface area contributed by atoms with Crippen molar-refractivity contribution in [1.82, 2.24) is 15.0 Å². The fourth-order valence-corrected chi connectivity index (χ4v) is 7.68. The molecule has 1 aromatic carbocycles. The lowest BCUT2D eigenvalue weighted by Crippen LogP contribution is -2.40. The number of hydrogen-bond acceptors (Lipinski definition) is 5. The molecule has 0 atom stereocenters. The minimum Gasteiger partial charge on any atom is -0.347 e. The van der Waals surface area contributed by atoms with E-state index in [9.17, 15) is 13.2 Å². The van der Waals surface area contributed by atoms with Crippen molar-refractivity contribution in [3.63, 3.8) is 0 Å². The standard InChI is InChI=1S/C24H31Cl2N3O3S2/c1-24(2,3)29-34(31,32)18-12-11-16(19(25)20(18)26)21-17(13-14-7-5-4-6-8-14)28-23(33-21)22(30)27-15-9-10-15/h11-12,14-15,29H,4-10,13H2,1-3H3,(H,27,30). The molecular formula is C24H31Cl2N3O3S2. The molecule has 10 heteroatoms. The number of benzene rings is 1. The van der Waals surface area contributed by atoms with Crippen molar-refractivity contribution in [2.45, 2.75) is 88.6 Å². The monoisotopic (exact) mass is 543 g/mol. The second kappa shape index (κ2) is 10.1. The maximum absolute atomic E-state index is 12.9. The Balaban J connectivity index is 1.72. The molecule has 2 saturated carbocycles. The van der Waals surface area contributed by atoms with Gasteiger partial charge in [0, 0.05) is 17.1 Å². The van der Waals surface area contributed by atoms with Crippen molar-refractivity contribution in [2.24, 2.45) is 5.92 Å². The molecule has 1 aromatic heterocycles. The Hall–Kier alpha value is -1.19. The van der Waals surface area contributed by atoms with E-state index in [2.05, 4.69) is 10.0 Å². The van der Waals surface area contributed by atoms with Crippen LogP contribution in [0.1, 0.15) is 81.2 Å². The predicted molar refractivity (Wildman–Crippen MR) is 138 cm³/mol. The number of nitrogens with one attached hydrogen (secondary N) is 2. The lowest BCUT2D eigenvalue weighted by molar-refractivity contribution is 0.0950. The van der Waals surface area contributed by atoms with Gasteiger partial charge in [-0.05, 0) is 52.0 Å². The summed E-state index contributed by atoms with van der Waals surface area (Å²) in [4.78, 5) is 18.2. The molecule has 0 radical (unpaired) electrons. The number of thiazole rings is 1. The molecule has 1 heterocycles. The van der Waals surface area contributed by atoms with E-state index in [0.29, 0.717) is 16.5 Å². The van der Waals surface area contributed by atoms with Crippen LogP contribution in [-0.4, -0.2) is 30.9 Å². The van der Waals surface area contributed by atoms with Crippen LogP contribution in [0, 0.1) is 5.92 Å². The van der Waals surface area contributed by atoms with Crippen molar-refractivity contribution in [2.75, 3.05) is 0 Å². The number of aromatic nitrogens is 1. The summed E-state index contributed by atoms with van der Waals surface area (Å²) in [6, 6.07) is 3.39. The molecular weight excluding hydrogens is 513 g/mol. The lowest BCUT2D eigenvalue weighted by Gasteiger charge is -2.22. The third-order valence-corrected chi connectivity index (χ3v) is 9.96. The van der Waals surface area contributed by atoms with Crippen LogP contribution in [-0.2, 0) is 16.4 Å². The van der Waals surface area contributed by atoms with E-state index in [1.807, 2.05) is 0 Å². The van der Waals surface area contributed by atoms with Gasteiger partial charge >= 0.3 is 0 Å². The lowest BCUT2D eigenvalue weighted by atomic mass is 9.85. The molecule has 1 amide bonds. The summed E-state index contributed by atoms with van der Waals surface area (Å²) in [5, 5.41) is 3.54. The summed E-state index contributed by atoms with van der Waals surface area (Å²) >= 11 is 14.5. The number of carbonyl (C=O) groups is 1. The highest BCUT2D eigenvalue weighted by Crippen LogP contribution is 2.43. The first-order chi connectivity index (χ1) is 15.9. The number of amides is 1. The zero-order chi connectivity index (χ0) is 24.7. The average molecular weight is 545 g/mol. The second-order valence-electron chi connectivity index (χ2n) is 10.3. The summed E-state index contributed by atoms with van der Waals surface area (Å²) in [6.45, 7) is 5.28. The summed E-state index contributed by atoms with van der Waals surface area (Å²) in [7, 11) is -3.86. The minimum absolute atomic E-state index is 0.0306. The van der Waals surface area contributed by atoms with Crippen LogP contribution in [0.2, 0.25) is 10.0 Å². The summed E-state index contributed by atoms with van der Waals surface area (Å²) in [5.74, 6) is 0.346. The third kappa shape index (κ3) is 6.13. The highest BCUT2D eigenvalue weighted by molar-refractivity contribution is 7.89. The third-order valence-electron chi connectivity index (χ3n) is 6.03. The normalized spacial score (nSPS) is 17.7. The maximum Gasteiger partial charge on any atom is 0.280 e. The zero-order valence-electron chi connectivity index (χ0n) is 19.7. The number of rotatable bonds is 7. The van der Waals surface area contributed by atoms with Gasteiger partial charge in [0.2, 0.25) is 10.0 Å². The van der Waals surface area contributed by atoms with Crippen molar-refractivity contribution in [3.05, 3.63) is 32.9 Å². The summed E-state index contributed by atoms with van der Waals surface area (Å²) < 4.78 is 28.4. The molecule has 2 aliphatic carbocycles. The molecule has 2 aromatic rings. The molecule has 6 nitrogen and oxygen atoms in total. The van der Waals surface area contributed by atoms with Crippen molar-refractivity contribution >= 4 is 50.5 Å². The maximum atomic E-state index is 12.9. The smallest absolute Gasteiger partial charge is 0.280 e. The molecule has 2 aliphatic rings. The Labute approximate surface area is 215 Å². The molecule has 4 rings (SSSR count). The molecule has 0 bridgehead atoms. The van der Waals surface area contributed by atoms with Crippen LogP contribution >= 0.6 is 34.5 Å². The van der Waals surface area contributed by atoms with Crippen LogP contribution in [0.4, 0.5) is 0 Å². The average Bonchev–Trinajstić information content (AvgIpc) is 3.46. The quantitative estimate of drug-likeness (QED) is 0.434. The van der Waals surface area contributed by atoms with Crippen LogP contribution in [0.3, 0.4) is 0 Å². The van der Waals surface area contributed by atoms with E-state index in [1.54, 1.807) is 26.8 Å². The van der Waals surface area contributed by atoms with Crippen molar-refractivity contribution < 1.29 is 13.2 Å². The highest BCUT2D eigenvalue weighted by Gasteiger charge is 2.30. The van der Waals surface area contributed by atoms with E-state index >= 15 is 0 Å². The Morgan fingerprint density at radius 2 is 1.76 bits per heavy atom. The Morgan fingerprint density at radius 3 is 2.38 bits per heavy atom. The van der Waals surface area contributed by atoms with Gasteiger partial charge in [-0.3, -0.25) is 4.79 Å². The topological polar surface area (TPSA) is 88.2 Å². The van der Waals surface area contributed by atoms with Gasteiger partial charge in [0.25, 0.3) is 5.91 Å². The Morgan fingerprint density at radius 1 is 1.09 bits per heavy atom. The molecule has 0 aliphatic heterocycles. The van der Waals surface area contributed by atoms with E-state index in [4.69, 9.17) is 28.2 Å². The number of sulfonamides is 1. The van der Waals surface area contributed by atoms with Crippen LogP contribution in [0.25, 0.3) is 10.4 Å². The van der Waals surface area contributed by atoms with E-state index < -0.39 is 15.6 Å². The Kier molecular flexibility index (Phi) is 7.65. The second-order valence-corrected chi connectivity index (χ2v) is 13.8. The van der Waals surface area contributed by atoms with E-state index in [0.717, 1.165) is 42.7 Å². The number of halogens is 2. The number of hydrogen-bond donors (Lipinski definition) is 2. The van der Waals surface area contributed by atoms with Crippen LogP contribution < -0.4 is 10.0 Å². The highest BCUT2D eigenvalue weighted by atomic mass is 35.5. The molecule has 0 spiro atoms. The van der Waals surface area contributed by atoms with Crippen molar-refractivity contribution in [3.8, 4) is 10.4 Å². The first-order valence-corrected chi connectivity index (χ1v) is 14.8. The molecule has 0 saturated heterocycles. The zero-order valence-corrected chi connectivity index (χ0v) is 22.9. The van der Waals surface area contributed by atoms with Gasteiger partial charge in [-0.1, -0.05) is 61.4 Å². The van der Waals surface area contributed by atoms with Gasteiger partial charge < -0.3 is 5.32 Å². The molecule has 2 N–H and O–H groups in total. The van der Waals surface area contributed by atoms with Gasteiger partial charge in [-0.25, -0.2) is 18.1 Å². The molecule has 186 valence electrons. The molecule has 34 heavy (non-hydrogen) atoms. The fourth-order valence-electron chi connectivity index (χ4n) is 4.31. The number of nitrogens with zero attached hydrogens (tertiary/aromatic N) is 1. The first-order valence-electron chi connectivity index (χ1n) is 11.8.